The van der Waals surface area contributed by atoms with Gasteiger partial charge in [-0.15, -0.1) is 11.6 Å². The molecule has 0 fully saturated rings. The molecule has 16 heavy (non-hydrogen) atoms. The second kappa shape index (κ2) is 7.47. The molecule has 0 aromatic carbocycles. The third-order valence-corrected chi connectivity index (χ3v) is 2.42. The summed E-state index contributed by atoms with van der Waals surface area (Å²) in [7, 11) is 1.65. The minimum Gasteiger partial charge on any atom is -0.475 e. The van der Waals surface area contributed by atoms with E-state index < -0.39 is 0 Å². The number of hydrogen-bond donors (Lipinski definition) is 0. The van der Waals surface area contributed by atoms with Crippen LogP contribution in [0.2, 0.25) is 0 Å². The van der Waals surface area contributed by atoms with E-state index in [0.717, 1.165) is 24.1 Å². The number of rotatable bonds is 7. The Labute approximate surface area is 102 Å². The fourth-order valence-corrected chi connectivity index (χ4v) is 1.54. The summed E-state index contributed by atoms with van der Waals surface area (Å²) in [5.74, 6) is 1.12. The Kier molecular flexibility index (Phi) is 6.19. The maximum absolute atomic E-state index is 5.82. The fraction of sp³-hybridized carbons (Fsp3) is 0.583. The smallest absolute Gasteiger partial charge is 0.213 e. The number of nitrogens with zero attached hydrogens (tertiary/aromatic N) is 1. The van der Waals surface area contributed by atoms with E-state index in [1.807, 2.05) is 12.1 Å². The van der Waals surface area contributed by atoms with Crippen molar-refractivity contribution < 1.29 is 9.47 Å². The zero-order valence-corrected chi connectivity index (χ0v) is 10.6. The molecule has 0 N–H and O–H groups in total. The topological polar surface area (TPSA) is 31.4 Å². The first kappa shape index (κ1) is 13.3. The normalized spacial score (nSPS) is 10.4. The summed E-state index contributed by atoms with van der Waals surface area (Å²) in [5, 5.41) is 0. The van der Waals surface area contributed by atoms with Gasteiger partial charge >= 0.3 is 0 Å². The van der Waals surface area contributed by atoms with Crippen LogP contribution in [0.3, 0.4) is 0 Å². The second-order valence-electron chi connectivity index (χ2n) is 3.53. The molecular weight excluding hydrogens is 226 g/mol. The summed E-state index contributed by atoms with van der Waals surface area (Å²) in [4.78, 5) is 4.41. The van der Waals surface area contributed by atoms with Gasteiger partial charge in [0.25, 0.3) is 0 Å². The summed E-state index contributed by atoms with van der Waals surface area (Å²) in [6.07, 6.45) is 2.02. The Balaban J connectivity index is 2.69. The van der Waals surface area contributed by atoms with Crippen LogP contribution in [0.1, 0.15) is 24.6 Å². The van der Waals surface area contributed by atoms with E-state index in [2.05, 4.69) is 11.9 Å². The number of aryl methyl sites for hydroxylation is 1. The Morgan fingerprint density at radius 2 is 2.12 bits per heavy atom. The third kappa shape index (κ3) is 4.37. The van der Waals surface area contributed by atoms with Crippen molar-refractivity contribution in [2.24, 2.45) is 0 Å². The Morgan fingerprint density at radius 1 is 1.31 bits per heavy atom. The quantitative estimate of drug-likeness (QED) is 0.545. The molecule has 0 aliphatic heterocycles. The molecule has 1 rings (SSSR count). The van der Waals surface area contributed by atoms with Crippen molar-refractivity contribution in [3.63, 3.8) is 0 Å². The number of halogens is 1. The Bertz CT molecular complexity index is 318. The molecule has 90 valence electrons. The van der Waals surface area contributed by atoms with E-state index in [-0.39, 0.29) is 0 Å². The van der Waals surface area contributed by atoms with Gasteiger partial charge in [-0.3, -0.25) is 0 Å². The van der Waals surface area contributed by atoms with Crippen LogP contribution >= 0.6 is 11.6 Å². The molecule has 0 spiro atoms. The van der Waals surface area contributed by atoms with Crippen molar-refractivity contribution in [2.75, 3.05) is 20.3 Å². The number of ether oxygens (including phenoxy) is 2. The van der Waals surface area contributed by atoms with Crippen LogP contribution < -0.4 is 4.74 Å². The molecule has 0 saturated carbocycles. The van der Waals surface area contributed by atoms with Crippen LogP contribution in [-0.4, -0.2) is 25.3 Å². The lowest BCUT2D eigenvalue weighted by atomic mass is 10.2. The van der Waals surface area contributed by atoms with Crippen molar-refractivity contribution in [2.45, 2.75) is 25.6 Å². The van der Waals surface area contributed by atoms with Gasteiger partial charge in [0.05, 0.1) is 6.61 Å². The van der Waals surface area contributed by atoms with Gasteiger partial charge in [0, 0.05) is 24.8 Å². The molecule has 0 amide bonds. The van der Waals surface area contributed by atoms with Gasteiger partial charge in [-0.1, -0.05) is 13.3 Å². The molecule has 3 nitrogen and oxygen atoms in total. The van der Waals surface area contributed by atoms with Crippen molar-refractivity contribution in [3.05, 3.63) is 23.4 Å². The van der Waals surface area contributed by atoms with Crippen LogP contribution in [0.25, 0.3) is 0 Å². The van der Waals surface area contributed by atoms with Crippen LogP contribution in [0.5, 0.6) is 5.88 Å². The summed E-state index contributed by atoms with van der Waals surface area (Å²) < 4.78 is 10.4. The number of pyridine rings is 1. The number of hydrogen-bond acceptors (Lipinski definition) is 3. The Hall–Kier alpha value is -0.800. The highest BCUT2D eigenvalue weighted by atomic mass is 35.5. The maximum Gasteiger partial charge on any atom is 0.213 e. The molecule has 0 aliphatic carbocycles. The monoisotopic (exact) mass is 243 g/mol. The predicted octanol–water partition coefficient (Wildman–Crippen LogP) is 2.80. The minimum atomic E-state index is 0.486. The van der Waals surface area contributed by atoms with Gasteiger partial charge in [-0.25, -0.2) is 4.98 Å². The van der Waals surface area contributed by atoms with Gasteiger partial charge in [-0.2, -0.15) is 0 Å². The molecule has 1 aromatic rings. The van der Waals surface area contributed by atoms with Gasteiger partial charge in [0.2, 0.25) is 5.88 Å². The van der Waals surface area contributed by atoms with Crippen LogP contribution in [0, 0.1) is 0 Å². The zero-order chi connectivity index (χ0) is 11.8. The molecule has 0 unspecified atom stereocenters. The van der Waals surface area contributed by atoms with E-state index >= 15 is 0 Å². The summed E-state index contributed by atoms with van der Waals surface area (Å²) >= 11 is 5.82. The molecule has 0 atom stereocenters. The third-order valence-electron chi connectivity index (χ3n) is 2.11. The SMILES string of the molecule is CCCc1cc(CCl)cc(OCCOC)n1. The largest absolute Gasteiger partial charge is 0.475 e. The maximum atomic E-state index is 5.82. The van der Waals surface area contributed by atoms with Gasteiger partial charge < -0.3 is 9.47 Å². The molecule has 0 aliphatic rings. The molecule has 4 heteroatoms. The van der Waals surface area contributed by atoms with Crippen LogP contribution in [0.4, 0.5) is 0 Å². The summed E-state index contributed by atoms with van der Waals surface area (Å²) in [6, 6.07) is 3.90. The average molecular weight is 244 g/mol. The van der Waals surface area contributed by atoms with E-state index in [1.165, 1.54) is 0 Å². The fourth-order valence-electron chi connectivity index (χ4n) is 1.39. The van der Waals surface area contributed by atoms with Crippen molar-refractivity contribution in [3.8, 4) is 5.88 Å². The lowest BCUT2D eigenvalue weighted by Gasteiger charge is -2.08. The highest BCUT2D eigenvalue weighted by molar-refractivity contribution is 6.17. The first-order valence-corrected chi connectivity index (χ1v) is 6.01. The van der Waals surface area contributed by atoms with E-state index in [1.54, 1.807) is 7.11 Å². The first-order chi connectivity index (χ1) is 7.80. The van der Waals surface area contributed by atoms with Crippen LogP contribution in [0.15, 0.2) is 12.1 Å². The minimum absolute atomic E-state index is 0.486. The molecule has 0 radical (unpaired) electrons. The lowest BCUT2D eigenvalue weighted by Crippen LogP contribution is -2.06. The van der Waals surface area contributed by atoms with Crippen LogP contribution in [-0.2, 0) is 17.0 Å². The van der Waals surface area contributed by atoms with Crippen molar-refractivity contribution >= 4 is 11.6 Å². The Morgan fingerprint density at radius 3 is 2.75 bits per heavy atom. The molecular formula is C12H18ClNO2. The first-order valence-electron chi connectivity index (χ1n) is 5.47. The van der Waals surface area contributed by atoms with Gasteiger partial charge in [-0.05, 0) is 18.1 Å². The highest BCUT2D eigenvalue weighted by Crippen LogP contribution is 2.15. The summed E-state index contributed by atoms with van der Waals surface area (Å²) in [6.45, 7) is 3.21. The van der Waals surface area contributed by atoms with E-state index in [0.29, 0.717) is 25.0 Å². The summed E-state index contributed by atoms with van der Waals surface area (Å²) in [5.41, 5.74) is 2.08. The predicted molar refractivity (Wildman–Crippen MR) is 65.2 cm³/mol. The van der Waals surface area contributed by atoms with Gasteiger partial charge in [0.1, 0.15) is 6.61 Å². The number of alkyl halides is 1. The number of aromatic nitrogens is 1. The van der Waals surface area contributed by atoms with Crippen molar-refractivity contribution in [1.29, 1.82) is 0 Å². The molecule has 0 bridgehead atoms. The zero-order valence-electron chi connectivity index (χ0n) is 9.83. The van der Waals surface area contributed by atoms with E-state index in [4.69, 9.17) is 21.1 Å². The number of methoxy groups -OCH3 is 1. The molecule has 0 saturated heterocycles. The molecule has 1 heterocycles. The van der Waals surface area contributed by atoms with E-state index in [9.17, 15) is 0 Å². The standard InChI is InChI=1S/C12H18ClNO2/c1-3-4-11-7-10(9-13)8-12(14-11)16-6-5-15-2/h7-8H,3-6,9H2,1-2H3. The highest BCUT2D eigenvalue weighted by Gasteiger charge is 2.03. The average Bonchev–Trinajstić information content (AvgIpc) is 2.29. The lowest BCUT2D eigenvalue weighted by molar-refractivity contribution is 0.143. The van der Waals surface area contributed by atoms with Crippen molar-refractivity contribution in [1.82, 2.24) is 4.98 Å². The van der Waals surface area contributed by atoms with Gasteiger partial charge in [0.15, 0.2) is 0 Å². The molecule has 1 aromatic heterocycles. The second-order valence-corrected chi connectivity index (χ2v) is 3.80.